The van der Waals surface area contributed by atoms with Crippen LogP contribution in [0.5, 0.6) is 0 Å². The van der Waals surface area contributed by atoms with Gasteiger partial charge in [-0.1, -0.05) is 231 Å². The number of pyridine rings is 2. The van der Waals surface area contributed by atoms with Crippen molar-refractivity contribution in [2.24, 2.45) is 0 Å². The molecule has 0 aliphatic rings. The molecular formula is C64H40N2. The Hall–Kier alpha value is -8.72. The molecule has 11 aromatic carbocycles. The number of fused-ring (bicyclic) bond motifs is 8. The van der Waals surface area contributed by atoms with E-state index in [0.717, 1.165) is 55.1 Å². The molecule has 0 N–H and O–H groups in total. The van der Waals surface area contributed by atoms with Crippen LogP contribution in [0.25, 0.3) is 132 Å². The van der Waals surface area contributed by atoms with E-state index in [1.165, 1.54) is 76.8 Å². The zero-order chi connectivity index (χ0) is 43.6. The van der Waals surface area contributed by atoms with Gasteiger partial charge in [-0.3, -0.25) is 0 Å². The van der Waals surface area contributed by atoms with E-state index in [9.17, 15) is 0 Å². The highest BCUT2D eigenvalue weighted by molar-refractivity contribution is 6.22. The molecule has 13 rings (SSSR count). The summed E-state index contributed by atoms with van der Waals surface area (Å²) in [5, 5.41) is 12.0. The van der Waals surface area contributed by atoms with Crippen LogP contribution in [0.15, 0.2) is 243 Å². The Bertz CT molecular complexity index is 3690. The molecule has 2 heterocycles. The highest BCUT2D eigenvalue weighted by atomic mass is 14.7. The minimum absolute atomic E-state index is 0.991. The van der Waals surface area contributed by atoms with Gasteiger partial charge in [0.15, 0.2) is 0 Å². The lowest BCUT2D eigenvalue weighted by Crippen LogP contribution is -1.93. The molecule has 0 aliphatic carbocycles. The normalized spacial score (nSPS) is 11.6. The number of aromatic nitrogens is 2. The van der Waals surface area contributed by atoms with E-state index in [0.29, 0.717) is 0 Å². The van der Waals surface area contributed by atoms with Crippen molar-refractivity contribution in [1.82, 2.24) is 9.97 Å². The molecule has 0 bridgehead atoms. The third kappa shape index (κ3) is 6.11. The first-order chi connectivity index (χ1) is 32.8. The van der Waals surface area contributed by atoms with Crippen LogP contribution in [-0.2, 0) is 0 Å². The predicted molar refractivity (Wildman–Crippen MR) is 280 cm³/mol. The topological polar surface area (TPSA) is 25.8 Å². The van der Waals surface area contributed by atoms with Crippen LogP contribution in [0.1, 0.15) is 0 Å². The zero-order valence-corrected chi connectivity index (χ0v) is 36.0. The van der Waals surface area contributed by atoms with Gasteiger partial charge in [-0.05, 0) is 78.2 Å². The molecule has 0 aliphatic heterocycles. The van der Waals surface area contributed by atoms with Gasteiger partial charge in [0.25, 0.3) is 0 Å². The summed E-state index contributed by atoms with van der Waals surface area (Å²) >= 11 is 0. The Kier molecular flexibility index (Phi) is 8.89. The van der Waals surface area contributed by atoms with E-state index >= 15 is 0 Å². The Morgan fingerprint density at radius 3 is 0.879 bits per heavy atom. The molecule has 0 atom stereocenters. The van der Waals surface area contributed by atoms with Gasteiger partial charge >= 0.3 is 0 Å². The third-order valence-electron chi connectivity index (χ3n) is 13.4. The lowest BCUT2D eigenvalue weighted by molar-refractivity contribution is 1.43. The van der Waals surface area contributed by atoms with E-state index in [-0.39, 0.29) is 0 Å². The SMILES string of the molecule is c1ccc(-c2cccc3c(-c4ccc(-c5c6ccccc6c(-c6ccc(-c7nc8ccccc8c8c(-c9ccccc9)cccc78)cc6)c6ccccc56)cc4)nc4ccccc4c23)cc1. The standard InChI is InChI=1S/C64H40N2/c1-3-17-41(18-4-1)47-27-15-29-55-61(47)53-25-11-13-31-57(53)65-63(55)45-37-33-43(34-38-45)59-49-21-7-9-23-51(49)60(52-24-10-8-22-50(52)59)44-35-39-46(40-36-44)64-56-30-16-28-48(42-19-5-2-6-20-42)62(56)54-26-12-14-32-58(54)66-64/h1-40H. The van der Waals surface area contributed by atoms with Crippen LogP contribution < -0.4 is 0 Å². The Balaban J connectivity index is 0.939. The molecule has 0 unspecified atom stereocenters. The molecular weight excluding hydrogens is 797 g/mol. The lowest BCUT2D eigenvalue weighted by Gasteiger charge is -2.18. The summed E-state index contributed by atoms with van der Waals surface area (Å²) in [5.74, 6) is 0. The summed E-state index contributed by atoms with van der Waals surface area (Å²) in [5.41, 5.74) is 15.8. The molecule has 66 heavy (non-hydrogen) atoms. The second-order valence-electron chi connectivity index (χ2n) is 17.1. The van der Waals surface area contributed by atoms with Gasteiger partial charge in [0.2, 0.25) is 0 Å². The lowest BCUT2D eigenvalue weighted by atomic mass is 9.85. The average Bonchev–Trinajstić information content (AvgIpc) is 3.40. The maximum absolute atomic E-state index is 5.32. The van der Waals surface area contributed by atoms with Crippen molar-refractivity contribution in [3.8, 4) is 67.0 Å². The van der Waals surface area contributed by atoms with Crippen LogP contribution in [-0.4, -0.2) is 9.97 Å². The quantitative estimate of drug-likeness (QED) is 0.123. The molecule has 306 valence electrons. The first-order valence-corrected chi connectivity index (χ1v) is 22.7. The molecule has 2 heteroatoms. The molecule has 0 fully saturated rings. The van der Waals surface area contributed by atoms with Crippen molar-refractivity contribution in [2.45, 2.75) is 0 Å². The maximum Gasteiger partial charge on any atom is 0.0788 e. The van der Waals surface area contributed by atoms with Gasteiger partial charge in [-0.2, -0.15) is 0 Å². The first kappa shape index (κ1) is 37.8. The highest BCUT2D eigenvalue weighted by Crippen LogP contribution is 2.46. The van der Waals surface area contributed by atoms with Crippen molar-refractivity contribution in [3.05, 3.63) is 243 Å². The number of hydrogen-bond donors (Lipinski definition) is 0. The van der Waals surface area contributed by atoms with Gasteiger partial charge in [-0.25, -0.2) is 9.97 Å². The van der Waals surface area contributed by atoms with Gasteiger partial charge in [0, 0.05) is 43.4 Å². The molecule has 13 aromatic rings. The summed E-state index contributed by atoms with van der Waals surface area (Å²) in [7, 11) is 0. The molecule has 0 spiro atoms. The smallest absolute Gasteiger partial charge is 0.0788 e. The summed E-state index contributed by atoms with van der Waals surface area (Å²) in [4.78, 5) is 10.6. The van der Waals surface area contributed by atoms with Crippen molar-refractivity contribution < 1.29 is 0 Å². The fourth-order valence-corrected chi connectivity index (χ4v) is 10.5. The summed E-state index contributed by atoms with van der Waals surface area (Å²) in [6, 6.07) is 87.6. The van der Waals surface area contributed by atoms with Crippen LogP contribution >= 0.6 is 0 Å². The minimum Gasteiger partial charge on any atom is -0.247 e. The fourth-order valence-electron chi connectivity index (χ4n) is 10.5. The largest absolute Gasteiger partial charge is 0.247 e. The molecule has 0 amide bonds. The second-order valence-corrected chi connectivity index (χ2v) is 17.1. The maximum atomic E-state index is 5.32. The second kappa shape index (κ2) is 15.5. The van der Waals surface area contributed by atoms with Crippen LogP contribution in [0.3, 0.4) is 0 Å². The predicted octanol–water partition coefficient (Wildman–Crippen LogP) is 17.4. The summed E-state index contributed by atoms with van der Waals surface area (Å²) in [6.07, 6.45) is 0. The van der Waals surface area contributed by atoms with E-state index in [1.54, 1.807) is 0 Å². The number of hydrogen-bond acceptors (Lipinski definition) is 2. The van der Waals surface area contributed by atoms with E-state index < -0.39 is 0 Å². The molecule has 0 saturated heterocycles. The molecule has 2 nitrogen and oxygen atoms in total. The van der Waals surface area contributed by atoms with Crippen LogP contribution in [0, 0.1) is 0 Å². The van der Waals surface area contributed by atoms with Crippen LogP contribution in [0.4, 0.5) is 0 Å². The van der Waals surface area contributed by atoms with Gasteiger partial charge < -0.3 is 0 Å². The van der Waals surface area contributed by atoms with Crippen LogP contribution in [0.2, 0.25) is 0 Å². The van der Waals surface area contributed by atoms with Crippen molar-refractivity contribution in [1.29, 1.82) is 0 Å². The Morgan fingerprint density at radius 2 is 0.500 bits per heavy atom. The number of rotatable bonds is 6. The zero-order valence-electron chi connectivity index (χ0n) is 36.0. The Morgan fingerprint density at radius 1 is 0.197 bits per heavy atom. The minimum atomic E-state index is 0.991. The first-order valence-electron chi connectivity index (χ1n) is 22.7. The number of nitrogens with zero attached hydrogens (tertiary/aromatic N) is 2. The third-order valence-corrected chi connectivity index (χ3v) is 13.4. The van der Waals surface area contributed by atoms with Crippen molar-refractivity contribution in [2.75, 3.05) is 0 Å². The monoisotopic (exact) mass is 836 g/mol. The number of benzene rings is 11. The van der Waals surface area contributed by atoms with Crippen molar-refractivity contribution in [3.63, 3.8) is 0 Å². The van der Waals surface area contributed by atoms with Gasteiger partial charge in [0.05, 0.1) is 22.4 Å². The Labute approximate surface area is 382 Å². The fraction of sp³-hybridized carbons (Fsp3) is 0. The number of para-hydroxylation sites is 2. The molecule has 2 aromatic heterocycles. The van der Waals surface area contributed by atoms with Gasteiger partial charge in [-0.15, -0.1) is 0 Å². The van der Waals surface area contributed by atoms with Gasteiger partial charge in [0.1, 0.15) is 0 Å². The molecule has 0 radical (unpaired) electrons. The van der Waals surface area contributed by atoms with E-state index in [2.05, 4.69) is 243 Å². The van der Waals surface area contributed by atoms with E-state index in [1.807, 2.05) is 0 Å². The highest BCUT2D eigenvalue weighted by Gasteiger charge is 2.20. The molecule has 0 saturated carbocycles. The summed E-state index contributed by atoms with van der Waals surface area (Å²) in [6.45, 7) is 0. The van der Waals surface area contributed by atoms with Crippen molar-refractivity contribution >= 4 is 64.9 Å². The average molecular weight is 837 g/mol. The van der Waals surface area contributed by atoms with E-state index in [4.69, 9.17) is 9.97 Å². The summed E-state index contributed by atoms with van der Waals surface area (Å²) < 4.78 is 0.